The molecule has 21 heavy (non-hydrogen) atoms. The van der Waals surface area contributed by atoms with E-state index in [1.54, 1.807) is 24.3 Å². The van der Waals surface area contributed by atoms with Crippen molar-refractivity contribution in [1.29, 1.82) is 0 Å². The number of carboxylic acid groups (broad SMARTS) is 1. The van der Waals surface area contributed by atoms with Crippen LogP contribution in [0.1, 0.15) is 24.8 Å². The Bertz CT molecular complexity index is 627. The molecule has 0 spiro atoms. The predicted molar refractivity (Wildman–Crippen MR) is 76.4 cm³/mol. The number of carboxylic acids is 1. The van der Waals surface area contributed by atoms with Gasteiger partial charge in [-0.3, -0.25) is 14.5 Å². The van der Waals surface area contributed by atoms with Crippen molar-refractivity contribution in [2.75, 3.05) is 4.90 Å². The van der Waals surface area contributed by atoms with Gasteiger partial charge in [-0.05, 0) is 36.6 Å². The number of benzene rings is 1. The number of hydrogen-bond acceptors (Lipinski definition) is 3. The van der Waals surface area contributed by atoms with Crippen LogP contribution < -0.4 is 4.90 Å². The summed E-state index contributed by atoms with van der Waals surface area (Å²) in [5, 5.41) is 8.64. The molecule has 2 fully saturated rings. The molecule has 1 aromatic carbocycles. The second-order valence-electron chi connectivity index (χ2n) is 5.42. The lowest BCUT2D eigenvalue weighted by molar-refractivity contribution is -0.131. The Labute approximate surface area is 121 Å². The van der Waals surface area contributed by atoms with Gasteiger partial charge in [0.2, 0.25) is 11.8 Å². The third-order valence-electron chi connectivity index (χ3n) is 4.14. The monoisotopic (exact) mass is 285 g/mol. The molecule has 1 N–H and O–H groups in total. The lowest BCUT2D eigenvalue weighted by atomic mass is 10.00. The Balaban J connectivity index is 1.90. The summed E-state index contributed by atoms with van der Waals surface area (Å²) in [4.78, 5) is 36.5. The SMILES string of the molecule is O=C(O)/C=C/c1cccc(N2C(=O)C3CCCC3C2=O)c1. The van der Waals surface area contributed by atoms with Crippen molar-refractivity contribution in [2.45, 2.75) is 19.3 Å². The molecule has 2 atom stereocenters. The number of rotatable bonds is 3. The molecular weight excluding hydrogens is 270 g/mol. The van der Waals surface area contributed by atoms with Gasteiger partial charge < -0.3 is 5.11 Å². The highest BCUT2D eigenvalue weighted by molar-refractivity contribution is 6.22. The van der Waals surface area contributed by atoms with E-state index < -0.39 is 5.97 Å². The normalized spacial score (nSPS) is 24.9. The summed E-state index contributed by atoms with van der Waals surface area (Å²) < 4.78 is 0. The molecule has 5 nitrogen and oxygen atoms in total. The quantitative estimate of drug-likeness (QED) is 0.681. The Morgan fingerprint density at radius 3 is 2.48 bits per heavy atom. The van der Waals surface area contributed by atoms with E-state index in [9.17, 15) is 14.4 Å². The molecule has 2 aliphatic rings. The van der Waals surface area contributed by atoms with Crippen molar-refractivity contribution < 1.29 is 19.5 Å². The summed E-state index contributed by atoms with van der Waals surface area (Å²) in [5.41, 5.74) is 1.17. The summed E-state index contributed by atoms with van der Waals surface area (Å²) in [6, 6.07) is 6.81. The molecule has 1 aliphatic carbocycles. The largest absolute Gasteiger partial charge is 0.478 e. The van der Waals surface area contributed by atoms with Crippen LogP contribution >= 0.6 is 0 Å². The van der Waals surface area contributed by atoms with Crippen LogP contribution in [0.4, 0.5) is 5.69 Å². The minimum atomic E-state index is -1.04. The van der Waals surface area contributed by atoms with E-state index >= 15 is 0 Å². The molecule has 1 saturated carbocycles. The van der Waals surface area contributed by atoms with E-state index in [1.165, 1.54) is 11.0 Å². The lowest BCUT2D eigenvalue weighted by Crippen LogP contribution is -2.31. The number of hydrogen-bond donors (Lipinski definition) is 1. The third-order valence-corrected chi connectivity index (χ3v) is 4.14. The van der Waals surface area contributed by atoms with Crippen molar-refractivity contribution in [3.8, 4) is 0 Å². The summed E-state index contributed by atoms with van der Waals surface area (Å²) in [6.45, 7) is 0. The van der Waals surface area contributed by atoms with Crippen LogP contribution in [-0.4, -0.2) is 22.9 Å². The number of anilines is 1. The first-order chi connectivity index (χ1) is 10.1. The number of imide groups is 1. The van der Waals surface area contributed by atoms with Gasteiger partial charge >= 0.3 is 5.97 Å². The first kappa shape index (κ1) is 13.5. The van der Waals surface area contributed by atoms with Crippen molar-refractivity contribution in [2.24, 2.45) is 11.8 Å². The number of carbonyl (C=O) groups excluding carboxylic acids is 2. The molecule has 2 amide bonds. The zero-order valence-corrected chi connectivity index (χ0v) is 11.4. The van der Waals surface area contributed by atoms with E-state index in [2.05, 4.69) is 0 Å². The maximum Gasteiger partial charge on any atom is 0.328 e. The van der Waals surface area contributed by atoms with Gasteiger partial charge in [0.25, 0.3) is 0 Å². The van der Waals surface area contributed by atoms with Crippen LogP contribution in [0.15, 0.2) is 30.3 Å². The Morgan fingerprint density at radius 1 is 1.19 bits per heavy atom. The standard InChI is InChI=1S/C16H15NO4/c18-14(19)8-7-10-3-1-4-11(9-10)17-15(20)12-5-2-6-13(12)16(17)21/h1,3-4,7-9,12-13H,2,5-6H2,(H,18,19)/b8-7+. The van der Waals surface area contributed by atoms with Gasteiger partial charge in [0.05, 0.1) is 17.5 Å². The van der Waals surface area contributed by atoms with Crippen LogP contribution in [0.2, 0.25) is 0 Å². The number of aliphatic carboxylic acids is 1. The van der Waals surface area contributed by atoms with Gasteiger partial charge in [0.1, 0.15) is 0 Å². The average Bonchev–Trinajstić information content (AvgIpc) is 3.02. The predicted octanol–water partition coefficient (Wildman–Crippen LogP) is 2.07. The highest BCUT2D eigenvalue weighted by atomic mass is 16.4. The number of carbonyl (C=O) groups is 3. The van der Waals surface area contributed by atoms with Crippen molar-refractivity contribution in [1.82, 2.24) is 0 Å². The van der Waals surface area contributed by atoms with Gasteiger partial charge in [0, 0.05) is 6.08 Å². The molecule has 1 aliphatic heterocycles. The van der Waals surface area contributed by atoms with Crippen LogP contribution in [-0.2, 0) is 14.4 Å². The first-order valence-electron chi connectivity index (χ1n) is 6.97. The maximum atomic E-state index is 12.4. The lowest BCUT2D eigenvalue weighted by Gasteiger charge is -2.16. The minimum absolute atomic E-state index is 0.123. The minimum Gasteiger partial charge on any atom is -0.478 e. The van der Waals surface area contributed by atoms with Crippen molar-refractivity contribution >= 4 is 29.5 Å². The zero-order chi connectivity index (χ0) is 15.0. The maximum absolute atomic E-state index is 12.4. The molecule has 1 saturated heterocycles. The molecule has 0 aromatic heterocycles. The van der Waals surface area contributed by atoms with Crippen LogP contribution in [0.3, 0.4) is 0 Å². The van der Waals surface area contributed by atoms with E-state index in [0.29, 0.717) is 11.3 Å². The second-order valence-corrected chi connectivity index (χ2v) is 5.42. The smallest absolute Gasteiger partial charge is 0.328 e. The van der Waals surface area contributed by atoms with Crippen LogP contribution in [0, 0.1) is 11.8 Å². The van der Waals surface area contributed by atoms with Gasteiger partial charge in [-0.1, -0.05) is 18.6 Å². The summed E-state index contributed by atoms with van der Waals surface area (Å²) >= 11 is 0. The average molecular weight is 285 g/mol. The summed E-state index contributed by atoms with van der Waals surface area (Å²) in [7, 11) is 0. The number of amides is 2. The third kappa shape index (κ3) is 2.35. The van der Waals surface area contributed by atoms with E-state index in [1.807, 2.05) is 0 Å². The van der Waals surface area contributed by atoms with Crippen LogP contribution in [0.5, 0.6) is 0 Å². The van der Waals surface area contributed by atoms with Gasteiger partial charge in [-0.15, -0.1) is 0 Å². The van der Waals surface area contributed by atoms with Gasteiger partial charge in [-0.2, -0.15) is 0 Å². The molecule has 108 valence electrons. The van der Waals surface area contributed by atoms with Crippen molar-refractivity contribution in [3.63, 3.8) is 0 Å². The van der Waals surface area contributed by atoms with E-state index in [4.69, 9.17) is 5.11 Å². The highest BCUT2D eigenvalue weighted by Gasteiger charge is 2.50. The van der Waals surface area contributed by atoms with E-state index in [0.717, 1.165) is 25.3 Å². The number of fused-ring (bicyclic) bond motifs is 1. The Hall–Kier alpha value is -2.43. The van der Waals surface area contributed by atoms with Gasteiger partial charge in [0.15, 0.2) is 0 Å². The molecule has 3 rings (SSSR count). The fourth-order valence-electron chi connectivity index (χ4n) is 3.18. The fraction of sp³-hybridized carbons (Fsp3) is 0.312. The highest BCUT2D eigenvalue weighted by Crippen LogP contribution is 2.41. The molecule has 1 heterocycles. The molecule has 0 bridgehead atoms. The zero-order valence-electron chi connectivity index (χ0n) is 11.4. The molecule has 2 unspecified atom stereocenters. The van der Waals surface area contributed by atoms with Crippen molar-refractivity contribution in [3.05, 3.63) is 35.9 Å². The first-order valence-corrected chi connectivity index (χ1v) is 6.97. The second kappa shape index (κ2) is 5.16. The molecular formula is C16H15NO4. The molecule has 5 heteroatoms. The topological polar surface area (TPSA) is 74.7 Å². The fourth-order valence-corrected chi connectivity index (χ4v) is 3.18. The van der Waals surface area contributed by atoms with Gasteiger partial charge in [-0.25, -0.2) is 4.79 Å². The number of nitrogens with zero attached hydrogens (tertiary/aromatic N) is 1. The molecule has 0 radical (unpaired) electrons. The molecule has 1 aromatic rings. The van der Waals surface area contributed by atoms with Crippen LogP contribution in [0.25, 0.3) is 6.08 Å². The Morgan fingerprint density at radius 2 is 1.86 bits per heavy atom. The van der Waals surface area contributed by atoms with E-state index in [-0.39, 0.29) is 23.7 Å². The summed E-state index contributed by atoms with van der Waals surface area (Å²) in [5.74, 6) is -1.63. The Kier molecular flexibility index (Phi) is 3.33. The summed E-state index contributed by atoms with van der Waals surface area (Å²) in [6.07, 6.45) is 4.97.